The molecule has 1 aliphatic rings. The van der Waals surface area contributed by atoms with Gasteiger partial charge in [0.15, 0.2) is 0 Å². The first-order chi connectivity index (χ1) is 8.22. The molecule has 1 aromatic heterocycles. The van der Waals surface area contributed by atoms with Gasteiger partial charge in [-0.3, -0.25) is 4.90 Å². The predicted molar refractivity (Wildman–Crippen MR) is 69.7 cm³/mol. The van der Waals surface area contributed by atoms with Crippen LogP contribution in [0.15, 0.2) is 22.8 Å². The lowest BCUT2D eigenvalue weighted by Crippen LogP contribution is -2.38. The summed E-state index contributed by atoms with van der Waals surface area (Å²) in [4.78, 5) is 2.49. The molecule has 1 aliphatic heterocycles. The molecule has 1 fully saturated rings. The van der Waals surface area contributed by atoms with Gasteiger partial charge in [-0.2, -0.15) is 0 Å². The van der Waals surface area contributed by atoms with Crippen LogP contribution in [0.5, 0.6) is 0 Å². The van der Waals surface area contributed by atoms with Crippen molar-refractivity contribution in [3.05, 3.63) is 24.2 Å². The topological polar surface area (TPSA) is 42.4 Å². The van der Waals surface area contributed by atoms with Crippen molar-refractivity contribution in [2.24, 2.45) is 11.7 Å². The van der Waals surface area contributed by atoms with Crippen molar-refractivity contribution in [3.63, 3.8) is 0 Å². The van der Waals surface area contributed by atoms with Crippen LogP contribution in [0.4, 0.5) is 0 Å². The van der Waals surface area contributed by atoms with E-state index in [1.807, 2.05) is 12.1 Å². The van der Waals surface area contributed by atoms with E-state index in [1.54, 1.807) is 6.26 Å². The van der Waals surface area contributed by atoms with Crippen LogP contribution in [-0.4, -0.2) is 24.0 Å². The van der Waals surface area contributed by atoms with Gasteiger partial charge in [0, 0.05) is 12.6 Å². The Hall–Kier alpha value is -0.800. The predicted octanol–water partition coefficient (Wildman–Crippen LogP) is 2.79. The lowest BCUT2D eigenvalue weighted by Gasteiger charge is -2.29. The van der Waals surface area contributed by atoms with Crippen molar-refractivity contribution >= 4 is 0 Å². The molecule has 0 aromatic carbocycles. The Balaban J connectivity index is 2.03. The highest BCUT2D eigenvalue weighted by Crippen LogP contribution is 2.31. The highest BCUT2D eigenvalue weighted by Gasteiger charge is 2.32. The minimum Gasteiger partial charge on any atom is -0.468 e. The maximum absolute atomic E-state index is 6.13. The van der Waals surface area contributed by atoms with E-state index in [2.05, 4.69) is 18.7 Å². The van der Waals surface area contributed by atoms with Crippen LogP contribution in [-0.2, 0) is 0 Å². The molecular formula is C14H24N2O. The van der Waals surface area contributed by atoms with Gasteiger partial charge >= 0.3 is 0 Å². The summed E-state index contributed by atoms with van der Waals surface area (Å²) >= 11 is 0. The van der Waals surface area contributed by atoms with Crippen molar-refractivity contribution in [1.82, 2.24) is 4.90 Å². The number of furan rings is 1. The Kier molecular flexibility index (Phi) is 4.24. The number of hydrogen-bond acceptors (Lipinski definition) is 3. The van der Waals surface area contributed by atoms with Gasteiger partial charge in [0.1, 0.15) is 5.76 Å². The van der Waals surface area contributed by atoms with Gasteiger partial charge < -0.3 is 10.2 Å². The average Bonchev–Trinajstić information content (AvgIpc) is 2.91. The first kappa shape index (κ1) is 12.7. The van der Waals surface area contributed by atoms with E-state index in [1.165, 1.54) is 25.8 Å². The lowest BCUT2D eigenvalue weighted by atomic mass is 10.0. The normalized spacial score (nSPS) is 25.0. The second-order valence-electron chi connectivity index (χ2n) is 5.26. The molecule has 3 atom stereocenters. The third-order valence-corrected chi connectivity index (χ3v) is 3.74. The summed E-state index contributed by atoms with van der Waals surface area (Å²) in [6.45, 7) is 6.65. The zero-order valence-corrected chi connectivity index (χ0v) is 10.9. The first-order valence-electron chi connectivity index (χ1n) is 6.75. The summed E-state index contributed by atoms with van der Waals surface area (Å²) in [5, 5.41) is 0. The summed E-state index contributed by atoms with van der Waals surface area (Å²) in [5.41, 5.74) is 6.13. The highest BCUT2D eigenvalue weighted by atomic mass is 16.3. The fourth-order valence-corrected chi connectivity index (χ4v) is 2.99. The molecule has 1 saturated heterocycles. The van der Waals surface area contributed by atoms with Gasteiger partial charge in [0.2, 0.25) is 0 Å². The van der Waals surface area contributed by atoms with Crippen LogP contribution in [0.1, 0.15) is 44.9 Å². The van der Waals surface area contributed by atoms with E-state index in [0.29, 0.717) is 0 Å². The van der Waals surface area contributed by atoms with Crippen LogP contribution >= 0.6 is 0 Å². The maximum atomic E-state index is 6.13. The number of hydrogen-bond donors (Lipinski definition) is 1. The van der Waals surface area contributed by atoms with Crippen molar-refractivity contribution in [2.75, 3.05) is 13.1 Å². The molecule has 0 saturated carbocycles. The van der Waals surface area contributed by atoms with Gasteiger partial charge in [0.05, 0.1) is 12.3 Å². The molecule has 3 unspecified atom stereocenters. The molecule has 3 heteroatoms. The molecule has 2 N–H and O–H groups in total. The second kappa shape index (κ2) is 5.69. The molecule has 3 nitrogen and oxygen atoms in total. The fraction of sp³-hybridized carbons (Fsp3) is 0.714. The van der Waals surface area contributed by atoms with Gasteiger partial charge in [-0.25, -0.2) is 0 Å². The smallest absolute Gasteiger partial charge is 0.122 e. The van der Waals surface area contributed by atoms with E-state index in [0.717, 1.165) is 18.2 Å². The molecule has 0 spiro atoms. The summed E-state index contributed by atoms with van der Waals surface area (Å²) in [5.74, 6) is 1.85. The van der Waals surface area contributed by atoms with E-state index >= 15 is 0 Å². The zero-order chi connectivity index (χ0) is 12.3. The van der Waals surface area contributed by atoms with Crippen LogP contribution < -0.4 is 5.73 Å². The minimum atomic E-state index is 0.113. The van der Waals surface area contributed by atoms with Gasteiger partial charge in [-0.1, -0.05) is 13.3 Å². The van der Waals surface area contributed by atoms with Crippen LogP contribution in [0.3, 0.4) is 0 Å². The largest absolute Gasteiger partial charge is 0.468 e. The minimum absolute atomic E-state index is 0.113. The lowest BCUT2D eigenvalue weighted by molar-refractivity contribution is 0.183. The number of nitrogens with zero attached hydrogens (tertiary/aromatic N) is 1. The zero-order valence-electron chi connectivity index (χ0n) is 10.9. The fourth-order valence-electron chi connectivity index (χ4n) is 2.99. The summed E-state index contributed by atoms with van der Waals surface area (Å²) in [6, 6.07) is 4.35. The van der Waals surface area contributed by atoms with E-state index in [4.69, 9.17) is 10.2 Å². The van der Waals surface area contributed by atoms with Gasteiger partial charge in [0.25, 0.3) is 0 Å². The molecule has 1 aromatic rings. The Morgan fingerprint density at radius 3 is 3.00 bits per heavy atom. The quantitative estimate of drug-likeness (QED) is 0.854. The Morgan fingerprint density at radius 2 is 2.41 bits per heavy atom. The summed E-state index contributed by atoms with van der Waals surface area (Å²) in [7, 11) is 0. The van der Waals surface area contributed by atoms with Crippen LogP contribution in [0.25, 0.3) is 0 Å². The second-order valence-corrected chi connectivity index (χ2v) is 5.26. The highest BCUT2D eigenvalue weighted by molar-refractivity contribution is 5.08. The van der Waals surface area contributed by atoms with Crippen molar-refractivity contribution in [1.29, 1.82) is 0 Å². The van der Waals surface area contributed by atoms with Gasteiger partial charge in [-0.05, 0) is 44.4 Å². The maximum Gasteiger partial charge on any atom is 0.122 e. The van der Waals surface area contributed by atoms with E-state index in [-0.39, 0.29) is 12.1 Å². The SMILES string of the molecule is CCCC1CCN(C(c2ccco2)C(C)N)C1. The Labute approximate surface area is 104 Å². The standard InChI is InChI=1S/C14H24N2O/c1-3-5-12-7-8-16(10-12)14(11(2)15)13-6-4-9-17-13/h4,6,9,11-12,14H,3,5,7-8,10,15H2,1-2H3. The van der Waals surface area contributed by atoms with E-state index in [9.17, 15) is 0 Å². The van der Waals surface area contributed by atoms with Crippen LogP contribution in [0.2, 0.25) is 0 Å². The molecule has 0 radical (unpaired) electrons. The molecule has 0 amide bonds. The summed E-state index contributed by atoms with van der Waals surface area (Å²) < 4.78 is 5.54. The van der Waals surface area contributed by atoms with Crippen LogP contribution in [0, 0.1) is 5.92 Å². The van der Waals surface area contributed by atoms with Crippen molar-refractivity contribution < 1.29 is 4.42 Å². The number of rotatable bonds is 5. The molecule has 2 rings (SSSR count). The molecule has 17 heavy (non-hydrogen) atoms. The third kappa shape index (κ3) is 2.90. The number of likely N-dealkylation sites (tertiary alicyclic amines) is 1. The molecular weight excluding hydrogens is 212 g/mol. The van der Waals surface area contributed by atoms with Gasteiger partial charge in [-0.15, -0.1) is 0 Å². The monoisotopic (exact) mass is 236 g/mol. The Bertz CT molecular complexity index is 321. The summed E-state index contributed by atoms with van der Waals surface area (Å²) in [6.07, 6.45) is 5.66. The van der Waals surface area contributed by atoms with Crippen molar-refractivity contribution in [2.45, 2.75) is 45.2 Å². The molecule has 96 valence electrons. The Morgan fingerprint density at radius 1 is 1.59 bits per heavy atom. The third-order valence-electron chi connectivity index (χ3n) is 3.74. The first-order valence-corrected chi connectivity index (χ1v) is 6.75. The van der Waals surface area contributed by atoms with Crippen molar-refractivity contribution in [3.8, 4) is 0 Å². The molecule has 2 heterocycles. The molecule has 0 aliphatic carbocycles. The van der Waals surface area contributed by atoms with E-state index < -0.39 is 0 Å². The number of nitrogens with two attached hydrogens (primary N) is 1. The molecule has 0 bridgehead atoms. The average molecular weight is 236 g/mol.